The van der Waals surface area contributed by atoms with Gasteiger partial charge in [-0.15, -0.1) is 0 Å². The van der Waals surface area contributed by atoms with Gasteiger partial charge in [0.15, 0.2) is 5.78 Å². The van der Waals surface area contributed by atoms with Crippen molar-refractivity contribution in [2.75, 3.05) is 0 Å². The predicted molar refractivity (Wildman–Crippen MR) is 113 cm³/mol. The summed E-state index contributed by atoms with van der Waals surface area (Å²) in [5.41, 5.74) is 4.18. The van der Waals surface area contributed by atoms with Crippen molar-refractivity contribution in [2.45, 2.75) is 32.1 Å². The van der Waals surface area contributed by atoms with Gasteiger partial charge in [0.25, 0.3) is 0 Å². The molecule has 28 heavy (non-hydrogen) atoms. The fourth-order valence-electron chi connectivity index (χ4n) is 7.61. The van der Waals surface area contributed by atoms with Gasteiger partial charge >= 0.3 is 0 Å². The number of rotatable bonds is 2. The van der Waals surface area contributed by atoms with Crippen LogP contribution in [0.3, 0.4) is 0 Å². The first-order chi connectivity index (χ1) is 13.6. The van der Waals surface area contributed by atoms with E-state index < -0.39 is 0 Å². The lowest BCUT2D eigenvalue weighted by Gasteiger charge is -2.67. The summed E-state index contributed by atoms with van der Waals surface area (Å²) in [5, 5.41) is 0. The van der Waals surface area contributed by atoms with E-state index in [0.29, 0.717) is 29.5 Å². The smallest absolute Gasteiger partial charge is 0.166 e. The van der Waals surface area contributed by atoms with Gasteiger partial charge in [-0.2, -0.15) is 0 Å². The maximum Gasteiger partial charge on any atom is 0.166 e. The Labute approximate surface area is 167 Å². The van der Waals surface area contributed by atoms with Gasteiger partial charge in [0.2, 0.25) is 0 Å². The molecule has 5 aliphatic carbocycles. The number of hydrogen-bond donors (Lipinski definition) is 0. The van der Waals surface area contributed by atoms with Crippen molar-refractivity contribution in [3.8, 4) is 0 Å². The third-order valence-corrected chi connectivity index (χ3v) is 8.69. The molecule has 1 heteroatoms. The quantitative estimate of drug-likeness (QED) is 0.611. The van der Waals surface area contributed by atoms with E-state index in [1.165, 1.54) is 29.5 Å². The predicted octanol–water partition coefficient (Wildman–Crippen LogP) is 5.83. The largest absolute Gasteiger partial charge is 0.294 e. The number of Topliss-reactive ketones (excluding diaryl/α,β-unsaturated/α-hetero) is 1. The molecule has 6 atom stereocenters. The van der Waals surface area contributed by atoms with Gasteiger partial charge in [0.1, 0.15) is 0 Å². The number of benzene rings is 2. The molecule has 5 aliphatic rings. The van der Waals surface area contributed by atoms with Crippen LogP contribution in [0.15, 0.2) is 78.4 Å². The summed E-state index contributed by atoms with van der Waals surface area (Å²) in [6.45, 7) is 4.37. The van der Waals surface area contributed by atoms with Crippen LogP contribution in [0.4, 0.5) is 0 Å². The van der Waals surface area contributed by atoms with Gasteiger partial charge in [0, 0.05) is 5.41 Å². The highest BCUT2D eigenvalue weighted by Crippen LogP contribution is 2.76. The molecule has 1 nitrogen and oxygen atoms in total. The van der Waals surface area contributed by atoms with Crippen molar-refractivity contribution in [2.24, 2.45) is 29.1 Å². The van der Waals surface area contributed by atoms with Crippen molar-refractivity contribution in [1.29, 1.82) is 0 Å². The minimum absolute atomic E-state index is 0.252. The molecule has 0 saturated heterocycles. The second kappa shape index (κ2) is 5.35. The third-order valence-electron chi connectivity index (χ3n) is 8.69. The van der Waals surface area contributed by atoms with Crippen molar-refractivity contribution >= 4 is 11.4 Å². The molecule has 7 rings (SSSR count). The Bertz CT molecular complexity index is 1030. The molecular weight excluding hydrogens is 340 g/mol. The van der Waals surface area contributed by atoms with E-state index >= 15 is 0 Å². The molecule has 2 saturated carbocycles. The van der Waals surface area contributed by atoms with Gasteiger partial charge in [-0.1, -0.05) is 79.7 Å². The van der Waals surface area contributed by atoms with Crippen LogP contribution in [-0.4, -0.2) is 5.78 Å². The highest BCUT2D eigenvalue weighted by Gasteiger charge is 2.74. The molecule has 0 radical (unpaired) electrons. The lowest BCUT2D eigenvalue weighted by Crippen LogP contribution is -2.66. The standard InChI is InChI=1S/C27H26O/c1-17-24(18-9-5-3-6-10-18)27(19-11-7-4-8-12-19)23-16-15-22(20-13-14-21(20)23)26(27,2)25(17)28/h3-12,15-16,20-23H,13-14H2,1-2H3. The van der Waals surface area contributed by atoms with Crippen LogP contribution in [0.1, 0.15) is 37.8 Å². The zero-order chi connectivity index (χ0) is 19.1. The number of carbonyl (C=O) groups is 1. The number of hydrogen-bond acceptors (Lipinski definition) is 1. The molecule has 0 aromatic heterocycles. The first kappa shape index (κ1) is 16.5. The SMILES string of the molecule is CC1=C(c2ccccc2)C2(c3ccccc3)C3C=CC(C4CCC43)C2(C)C1=O. The number of ketones is 1. The summed E-state index contributed by atoms with van der Waals surface area (Å²) in [4.78, 5) is 14.0. The Morgan fingerprint density at radius 3 is 2.04 bits per heavy atom. The summed E-state index contributed by atoms with van der Waals surface area (Å²) in [6.07, 6.45) is 7.47. The highest BCUT2D eigenvalue weighted by molar-refractivity contribution is 6.15. The number of carbonyl (C=O) groups excluding carboxylic acids is 1. The van der Waals surface area contributed by atoms with E-state index in [1.807, 2.05) is 0 Å². The van der Waals surface area contributed by atoms with Crippen LogP contribution in [0.2, 0.25) is 0 Å². The molecule has 2 bridgehead atoms. The van der Waals surface area contributed by atoms with Crippen molar-refractivity contribution in [1.82, 2.24) is 0 Å². The second-order valence-corrected chi connectivity index (χ2v) is 9.41. The van der Waals surface area contributed by atoms with Gasteiger partial charge < -0.3 is 0 Å². The zero-order valence-electron chi connectivity index (χ0n) is 16.6. The molecule has 0 heterocycles. The Kier molecular flexibility index (Phi) is 3.16. The van der Waals surface area contributed by atoms with E-state index in [0.717, 1.165) is 5.57 Å². The molecule has 0 amide bonds. The first-order valence-electron chi connectivity index (χ1n) is 10.7. The third kappa shape index (κ3) is 1.61. The van der Waals surface area contributed by atoms with Gasteiger partial charge in [-0.25, -0.2) is 0 Å². The Hall–Kier alpha value is -2.41. The normalized spacial score (nSPS) is 40.3. The monoisotopic (exact) mass is 366 g/mol. The van der Waals surface area contributed by atoms with E-state index in [1.54, 1.807) is 0 Å². The molecule has 0 N–H and O–H groups in total. The second-order valence-electron chi connectivity index (χ2n) is 9.41. The summed E-state index contributed by atoms with van der Waals surface area (Å²) in [6, 6.07) is 21.6. The lowest BCUT2D eigenvalue weighted by molar-refractivity contribution is -0.146. The van der Waals surface area contributed by atoms with Crippen LogP contribution in [0, 0.1) is 29.1 Å². The molecule has 0 spiro atoms. The zero-order valence-corrected chi connectivity index (χ0v) is 16.6. The van der Waals surface area contributed by atoms with Gasteiger partial charge in [-0.3, -0.25) is 4.79 Å². The molecule has 0 aliphatic heterocycles. The Balaban J connectivity index is 1.73. The summed E-state index contributed by atoms with van der Waals surface area (Å²) in [7, 11) is 0. The van der Waals surface area contributed by atoms with Gasteiger partial charge in [0.05, 0.1) is 5.41 Å². The van der Waals surface area contributed by atoms with Crippen LogP contribution in [-0.2, 0) is 10.2 Å². The Morgan fingerprint density at radius 2 is 1.39 bits per heavy atom. The minimum Gasteiger partial charge on any atom is -0.294 e. The molecule has 2 fully saturated rings. The fraction of sp³-hybridized carbons (Fsp3) is 0.370. The fourth-order valence-corrected chi connectivity index (χ4v) is 7.61. The van der Waals surface area contributed by atoms with Crippen LogP contribution in [0.25, 0.3) is 5.57 Å². The first-order valence-corrected chi connectivity index (χ1v) is 10.7. The molecule has 140 valence electrons. The van der Waals surface area contributed by atoms with E-state index in [-0.39, 0.29) is 10.8 Å². The highest BCUT2D eigenvalue weighted by atomic mass is 16.1. The van der Waals surface area contributed by atoms with Crippen molar-refractivity contribution < 1.29 is 4.79 Å². The molecular formula is C27H26O. The van der Waals surface area contributed by atoms with Crippen LogP contribution >= 0.6 is 0 Å². The molecule has 2 aromatic carbocycles. The number of allylic oxidation sites excluding steroid dienone is 4. The van der Waals surface area contributed by atoms with Crippen LogP contribution in [0.5, 0.6) is 0 Å². The summed E-state index contributed by atoms with van der Waals surface area (Å²) >= 11 is 0. The van der Waals surface area contributed by atoms with E-state index in [4.69, 9.17) is 0 Å². The average Bonchev–Trinajstić information content (AvgIpc) is 2.90. The summed E-state index contributed by atoms with van der Waals surface area (Å²) in [5.74, 6) is 2.52. The van der Waals surface area contributed by atoms with Crippen molar-refractivity contribution in [3.63, 3.8) is 0 Å². The summed E-state index contributed by atoms with van der Waals surface area (Å²) < 4.78 is 0. The average molecular weight is 367 g/mol. The maximum absolute atomic E-state index is 14.0. The lowest BCUT2D eigenvalue weighted by atomic mass is 9.34. The van der Waals surface area contributed by atoms with Gasteiger partial charge in [-0.05, 0) is 65.7 Å². The van der Waals surface area contributed by atoms with E-state index in [2.05, 4.69) is 86.7 Å². The molecule has 2 aromatic rings. The minimum atomic E-state index is -0.384. The van der Waals surface area contributed by atoms with Crippen molar-refractivity contribution in [3.05, 3.63) is 89.5 Å². The maximum atomic E-state index is 14.0. The van der Waals surface area contributed by atoms with Crippen LogP contribution < -0.4 is 0 Å². The molecule has 6 unspecified atom stereocenters. The van der Waals surface area contributed by atoms with E-state index in [9.17, 15) is 4.79 Å². The Morgan fingerprint density at radius 1 is 0.821 bits per heavy atom. The topological polar surface area (TPSA) is 17.1 Å².